The number of aromatic nitrogens is 3. The van der Waals surface area contributed by atoms with Crippen LogP contribution in [0.4, 0.5) is 0 Å². The van der Waals surface area contributed by atoms with Gasteiger partial charge in [0.25, 0.3) is 0 Å². The van der Waals surface area contributed by atoms with E-state index < -0.39 is 5.97 Å². The fourth-order valence-electron chi connectivity index (χ4n) is 1.46. The van der Waals surface area contributed by atoms with Crippen molar-refractivity contribution in [3.05, 3.63) is 11.4 Å². The summed E-state index contributed by atoms with van der Waals surface area (Å²) in [5, 5.41) is 7.84. The van der Waals surface area contributed by atoms with Gasteiger partial charge in [-0.2, -0.15) is 0 Å². The van der Waals surface area contributed by atoms with Crippen LogP contribution in [0.15, 0.2) is 0 Å². The van der Waals surface area contributed by atoms with E-state index in [0.717, 1.165) is 5.69 Å². The Bertz CT molecular complexity index is 356. The van der Waals surface area contributed by atoms with Crippen molar-refractivity contribution in [1.82, 2.24) is 15.0 Å². The minimum Gasteiger partial charge on any atom is -0.464 e. The maximum absolute atomic E-state index is 11.4. The third-order valence-corrected chi connectivity index (χ3v) is 2.15. The Morgan fingerprint density at radius 3 is 2.33 bits per heavy atom. The predicted molar refractivity (Wildman–Crippen MR) is 55.8 cm³/mol. The third-order valence-electron chi connectivity index (χ3n) is 2.15. The van der Waals surface area contributed by atoms with Crippen LogP contribution in [0.3, 0.4) is 0 Å². The lowest BCUT2D eigenvalue weighted by Gasteiger charge is -2.12. The van der Waals surface area contributed by atoms with Crippen LogP contribution >= 0.6 is 0 Å². The minimum absolute atomic E-state index is 0.188. The number of nitrogens with zero attached hydrogens (tertiary/aromatic N) is 3. The van der Waals surface area contributed by atoms with Gasteiger partial charge in [0, 0.05) is 6.04 Å². The molecule has 1 rings (SSSR count). The van der Waals surface area contributed by atoms with Crippen LogP contribution in [0.1, 0.15) is 55.8 Å². The first-order chi connectivity index (χ1) is 6.99. The molecular weight excluding hydrogens is 194 g/mol. The summed E-state index contributed by atoms with van der Waals surface area (Å²) in [7, 11) is 1.35. The van der Waals surface area contributed by atoms with Gasteiger partial charge in [-0.25, -0.2) is 9.48 Å². The first-order valence-electron chi connectivity index (χ1n) is 5.02. The summed E-state index contributed by atoms with van der Waals surface area (Å²) in [6.07, 6.45) is 0. The molecule has 15 heavy (non-hydrogen) atoms. The van der Waals surface area contributed by atoms with Crippen LogP contribution in [-0.2, 0) is 4.74 Å². The molecule has 0 bridgehead atoms. The quantitative estimate of drug-likeness (QED) is 0.715. The molecule has 0 aliphatic heterocycles. The van der Waals surface area contributed by atoms with Crippen molar-refractivity contribution >= 4 is 5.97 Å². The van der Waals surface area contributed by atoms with E-state index in [9.17, 15) is 4.79 Å². The lowest BCUT2D eigenvalue weighted by atomic mass is 10.1. The van der Waals surface area contributed by atoms with Crippen molar-refractivity contribution in [3.63, 3.8) is 0 Å². The van der Waals surface area contributed by atoms with Gasteiger partial charge in [-0.3, -0.25) is 0 Å². The molecule has 0 unspecified atom stereocenters. The van der Waals surface area contributed by atoms with Gasteiger partial charge in [0.15, 0.2) is 5.69 Å². The van der Waals surface area contributed by atoms with Gasteiger partial charge in [-0.1, -0.05) is 19.1 Å². The average Bonchev–Trinajstić information content (AvgIpc) is 2.60. The number of ether oxygens (including phenoxy) is 1. The summed E-state index contributed by atoms with van der Waals surface area (Å²) in [4.78, 5) is 11.4. The van der Waals surface area contributed by atoms with Gasteiger partial charge >= 0.3 is 5.97 Å². The van der Waals surface area contributed by atoms with E-state index in [1.165, 1.54) is 7.11 Å². The monoisotopic (exact) mass is 211 g/mol. The molecule has 84 valence electrons. The highest BCUT2D eigenvalue weighted by atomic mass is 16.5. The molecule has 0 N–H and O–H groups in total. The van der Waals surface area contributed by atoms with Crippen molar-refractivity contribution in [2.24, 2.45) is 0 Å². The molecular formula is C10H17N3O2. The second-order valence-corrected chi connectivity index (χ2v) is 4.01. The van der Waals surface area contributed by atoms with E-state index in [-0.39, 0.29) is 12.0 Å². The van der Waals surface area contributed by atoms with Gasteiger partial charge < -0.3 is 4.74 Å². The Labute approximate surface area is 89.4 Å². The summed E-state index contributed by atoms with van der Waals surface area (Å²) in [6.45, 7) is 8.01. The van der Waals surface area contributed by atoms with Crippen LogP contribution in [0.5, 0.6) is 0 Å². The molecule has 0 fully saturated rings. The van der Waals surface area contributed by atoms with Crippen LogP contribution in [0, 0.1) is 0 Å². The Balaban J connectivity index is 3.24. The zero-order chi connectivity index (χ0) is 11.6. The van der Waals surface area contributed by atoms with Gasteiger partial charge in [0.2, 0.25) is 0 Å². The normalized spacial score (nSPS) is 11.1. The minimum atomic E-state index is -0.425. The van der Waals surface area contributed by atoms with Crippen molar-refractivity contribution in [1.29, 1.82) is 0 Å². The van der Waals surface area contributed by atoms with E-state index in [1.54, 1.807) is 4.68 Å². The maximum Gasteiger partial charge on any atom is 0.360 e. The number of methoxy groups -OCH3 is 1. The molecule has 5 nitrogen and oxygen atoms in total. The summed E-state index contributed by atoms with van der Waals surface area (Å²) in [5.74, 6) is -0.234. The molecule has 0 spiro atoms. The number of rotatable bonds is 3. The molecule has 0 saturated carbocycles. The maximum atomic E-state index is 11.4. The molecule has 1 heterocycles. The Morgan fingerprint density at radius 2 is 1.93 bits per heavy atom. The Hall–Kier alpha value is -1.39. The number of hydrogen-bond acceptors (Lipinski definition) is 4. The molecule has 0 aromatic carbocycles. The second-order valence-electron chi connectivity index (χ2n) is 4.01. The average molecular weight is 211 g/mol. The summed E-state index contributed by atoms with van der Waals surface area (Å²) in [6, 6.07) is 0.188. The highest BCUT2D eigenvalue weighted by molar-refractivity contribution is 5.88. The zero-order valence-electron chi connectivity index (χ0n) is 9.81. The largest absolute Gasteiger partial charge is 0.464 e. The summed E-state index contributed by atoms with van der Waals surface area (Å²) in [5.41, 5.74) is 1.15. The zero-order valence-corrected chi connectivity index (χ0v) is 9.81. The first-order valence-corrected chi connectivity index (χ1v) is 5.02. The molecule has 0 aliphatic rings. The Morgan fingerprint density at radius 1 is 1.33 bits per heavy atom. The molecule has 1 aromatic rings. The smallest absolute Gasteiger partial charge is 0.360 e. The predicted octanol–water partition coefficient (Wildman–Crippen LogP) is 1.77. The summed E-state index contributed by atoms with van der Waals surface area (Å²) >= 11 is 0. The molecule has 0 radical (unpaired) electrons. The van der Waals surface area contributed by atoms with Crippen LogP contribution in [0.2, 0.25) is 0 Å². The summed E-state index contributed by atoms with van der Waals surface area (Å²) < 4.78 is 6.43. The van der Waals surface area contributed by atoms with E-state index >= 15 is 0 Å². The highest BCUT2D eigenvalue weighted by Gasteiger charge is 2.23. The van der Waals surface area contributed by atoms with E-state index in [1.807, 2.05) is 27.7 Å². The number of carbonyl (C=O) groups is 1. The molecule has 0 saturated heterocycles. The van der Waals surface area contributed by atoms with E-state index in [2.05, 4.69) is 15.0 Å². The lowest BCUT2D eigenvalue weighted by molar-refractivity contribution is 0.0592. The van der Waals surface area contributed by atoms with Gasteiger partial charge in [-0.05, 0) is 19.8 Å². The number of hydrogen-bond donors (Lipinski definition) is 0. The molecule has 5 heteroatoms. The second kappa shape index (κ2) is 4.42. The fourth-order valence-corrected chi connectivity index (χ4v) is 1.46. The van der Waals surface area contributed by atoms with Gasteiger partial charge in [0.05, 0.1) is 12.8 Å². The number of carbonyl (C=O) groups excluding carboxylic acids is 1. The van der Waals surface area contributed by atoms with E-state index in [0.29, 0.717) is 5.69 Å². The topological polar surface area (TPSA) is 57.0 Å². The third kappa shape index (κ3) is 2.16. The lowest BCUT2D eigenvalue weighted by Crippen LogP contribution is -2.12. The van der Waals surface area contributed by atoms with Crippen molar-refractivity contribution in [2.75, 3.05) is 7.11 Å². The van der Waals surface area contributed by atoms with Crippen LogP contribution < -0.4 is 0 Å². The van der Waals surface area contributed by atoms with Crippen molar-refractivity contribution in [2.45, 2.75) is 39.7 Å². The SMILES string of the molecule is COC(=O)c1nnn(C(C)C)c1C(C)C. The Kier molecular flexibility index (Phi) is 3.44. The van der Waals surface area contributed by atoms with Gasteiger partial charge in [-0.15, -0.1) is 5.10 Å². The molecule has 0 atom stereocenters. The van der Waals surface area contributed by atoms with Crippen molar-refractivity contribution < 1.29 is 9.53 Å². The first kappa shape index (κ1) is 11.7. The van der Waals surface area contributed by atoms with E-state index in [4.69, 9.17) is 0 Å². The van der Waals surface area contributed by atoms with Crippen LogP contribution in [0.25, 0.3) is 0 Å². The standard InChI is InChI=1S/C10H17N3O2/c1-6(2)9-8(10(14)15-5)11-12-13(9)7(3)4/h6-7H,1-5H3. The van der Waals surface area contributed by atoms with Crippen LogP contribution in [-0.4, -0.2) is 28.1 Å². The molecule has 1 aromatic heterocycles. The molecule has 0 amide bonds. The highest BCUT2D eigenvalue weighted by Crippen LogP contribution is 2.21. The molecule has 0 aliphatic carbocycles. The fraction of sp³-hybridized carbons (Fsp3) is 0.700. The van der Waals surface area contributed by atoms with Crippen molar-refractivity contribution in [3.8, 4) is 0 Å². The van der Waals surface area contributed by atoms with Gasteiger partial charge in [0.1, 0.15) is 0 Å². The number of esters is 1.